The number of hydrogen-bond acceptors (Lipinski definition) is 6. The van der Waals surface area contributed by atoms with Gasteiger partial charge >= 0.3 is 0 Å². The highest BCUT2D eigenvalue weighted by Crippen LogP contribution is 2.26. The molecule has 1 amide bonds. The lowest BCUT2D eigenvalue weighted by Gasteiger charge is -2.18. The minimum absolute atomic E-state index is 0.177. The average Bonchev–Trinajstić information content (AvgIpc) is 3.04. The molecule has 0 saturated carbocycles. The van der Waals surface area contributed by atoms with Gasteiger partial charge in [0, 0.05) is 11.1 Å². The minimum Gasteiger partial charge on any atom is -0.369 e. The Kier molecular flexibility index (Phi) is 5.31. The van der Waals surface area contributed by atoms with Crippen molar-refractivity contribution in [2.75, 3.05) is 5.32 Å². The highest BCUT2D eigenvalue weighted by Gasteiger charge is 2.16. The zero-order chi connectivity index (χ0) is 16.3. The maximum absolute atomic E-state index is 12.2. The SMILES string of the molecule is CC(C)c1cnc(NC(=O)c2cnc(COC(C)(C)C)s2)s1. The summed E-state index contributed by atoms with van der Waals surface area (Å²) in [4.78, 5) is 22.4. The van der Waals surface area contributed by atoms with Crippen molar-refractivity contribution < 1.29 is 9.53 Å². The molecule has 0 bridgehead atoms. The Hall–Kier alpha value is -1.31. The van der Waals surface area contributed by atoms with Crippen LogP contribution in [0.5, 0.6) is 0 Å². The van der Waals surface area contributed by atoms with Crippen LogP contribution in [0.2, 0.25) is 0 Å². The predicted octanol–water partition coefficient (Wildman–Crippen LogP) is 4.29. The van der Waals surface area contributed by atoms with E-state index in [-0.39, 0.29) is 11.5 Å². The van der Waals surface area contributed by atoms with E-state index in [2.05, 4.69) is 29.1 Å². The number of nitrogens with zero attached hydrogens (tertiary/aromatic N) is 2. The van der Waals surface area contributed by atoms with Crippen LogP contribution >= 0.6 is 22.7 Å². The van der Waals surface area contributed by atoms with E-state index in [9.17, 15) is 4.79 Å². The molecule has 0 saturated heterocycles. The smallest absolute Gasteiger partial charge is 0.269 e. The van der Waals surface area contributed by atoms with Gasteiger partial charge in [0.2, 0.25) is 0 Å². The van der Waals surface area contributed by atoms with Crippen LogP contribution in [0.3, 0.4) is 0 Å². The van der Waals surface area contributed by atoms with Crippen molar-refractivity contribution in [3.63, 3.8) is 0 Å². The van der Waals surface area contributed by atoms with Gasteiger partial charge in [-0.15, -0.1) is 22.7 Å². The molecule has 0 spiro atoms. The fourth-order valence-corrected chi connectivity index (χ4v) is 3.07. The first-order chi connectivity index (χ1) is 10.2. The van der Waals surface area contributed by atoms with Crippen molar-refractivity contribution in [2.45, 2.75) is 52.7 Å². The summed E-state index contributed by atoms with van der Waals surface area (Å²) >= 11 is 2.84. The highest BCUT2D eigenvalue weighted by atomic mass is 32.1. The standard InChI is InChI=1S/C15H21N3O2S2/c1-9(2)10-6-17-14(22-10)18-13(19)11-7-16-12(21-11)8-20-15(3,4)5/h6-7,9H,8H2,1-5H3,(H,17,18,19). The van der Waals surface area contributed by atoms with Crippen LogP contribution < -0.4 is 5.32 Å². The van der Waals surface area contributed by atoms with Gasteiger partial charge in [0.15, 0.2) is 5.13 Å². The van der Waals surface area contributed by atoms with Gasteiger partial charge in [0.1, 0.15) is 9.88 Å². The lowest BCUT2D eigenvalue weighted by atomic mass is 10.2. The van der Waals surface area contributed by atoms with Crippen LogP contribution in [-0.2, 0) is 11.3 Å². The van der Waals surface area contributed by atoms with E-state index >= 15 is 0 Å². The second kappa shape index (κ2) is 6.85. The Balaban J connectivity index is 1.96. The van der Waals surface area contributed by atoms with Crippen LogP contribution in [0.4, 0.5) is 5.13 Å². The summed E-state index contributed by atoms with van der Waals surface area (Å²) in [5, 5.41) is 4.23. The lowest BCUT2D eigenvalue weighted by molar-refractivity contribution is -0.0150. The molecule has 0 aliphatic carbocycles. The molecule has 120 valence electrons. The van der Waals surface area contributed by atoms with Gasteiger partial charge in [-0.3, -0.25) is 10.1 Å². The number of rotatable bonds is 5. The second-order valence-electron chi connectivity index (χ2n) is 6.20. The summed E-state index contributed by atoms with van der Waals surface area (Å²) in [5.41, 5.74) is -0.220. The monoisotopic (exact) mass is 339 g/mol. The average molecular weight is 339 g/mol. The second-order valence-corrected chi connectivity index (χ2v) is 8.37. The Morgan fingerprint density at radius 3 is 2.59 bits per heavy atom. The number of thiazole rings is 2. The first-order valence-corrected chi connectivity index (χ1v) is 8.73. The molecule has 2 aromatic heterocycles. The van der Waals surface area contributed by atoms with E-state index in [1.807, 2.05) is 20.8 Å². The summed E-state index contributed by atoms with van der Waals surface area (Å²) in [5.74, 6) is 0.233. The summed E-state index contributed by atoms with van der Waals surface area (Å²) in [7, 11) is 0. The summed E-state index contributed by atoms with van der Waals surface area (Å²) in [6.45, 7) is 10.6. The third kappa shape index (κ3) is 4.86. The van der Waals surface area contributed by atoms with Crippen molar-refractivity contribution in [1.82, 2.24) is 9.97 Å². The molecule has 2 aromatic rings. The predicted molar refractivity (Wildman–Crippen MR) is 90.8 cm³/mol. The number of carbonyl (C=O) groups excluding carboxylic acids is 1. The highest BCUT2D eigenvalue weighted by molar-refractivity contribution is 7.16. The third-order valence-corrected chi connectivity index (χ3v) is 4.90. The molecule has 1 N–H and O–H groups in total. The van der Waals surface area contributed by atoms with Crippen LogP contribution in [0.15, 0.2) is 12.4 Å². The van der Waals surface area contributed by atoms with Crippen molar-refractivity contribution in [3.05, 3.63) is 27.2 Å². The molecule has 2 rings (SSSR count). The molecular formula is C15H21N3O2S2. The van der Waals surface area contributed by atoms with E-state index in [1.54, 1.807) is 12.4 Å². The third-order valence-electron chi connectivity index (χ3n) is 2.72. The number of aromatic nitrogens is 2. The zero-order valence-electron chi connectivity index (χ0n) is 13.5. The summed E-state index contributed by atoms with van der Waals surface area (Å²) < 4.78 is 5.66. The van der Waals surface area contributed by atoms with Gasteiger partial charge in [0.25, 0.3) is 5.91 Å². The molecule has 0 fully saturated rings. The van der Waals surface area contributed by atoms with E-state index in [0.29, 0.717) is 22.5 Å². The Bertz CT molecular complexity index is 641. The number of amides is 1. The quantitative estimate of drug-likeness (QED) is 0.882. The Morgan fingerprint density at radius 2 is 2.00 bits per heavy atom. The van der Waals surface area contributed by atoms with Gasteiger partial charge in [-0.1, -0.05) is 13.8 Å². The number of anilines is 1. The molecule has 0 radical (unpaired) electrons. The molecule has 0 aromatic carbocycles. The van der Waals surface area contributed by atoms with E-state index < -0.39 is 0 Å². The normalized spacial score (nSPS) is 11.9. The number of hydrogen-bond donors (Lipinski definition) is 1. The van der Waals surface area contributed by atoms with Gasteiger partial charge in [0.05, 0.1) is 18.4 Å². The Morgan fingerprint density at radius 1 is 1.27 bits per heavy atom. The van der Waals surface area contributed by atoms with Crippen LogP contribution in [0.1, 0.15) is 60.1 Å². The molecule has 0 aliphatic heterocycles. The number of carbonyl (C=O) groups is 1. The van der Waals surface area contributed by atoms with Gasteiger partial charge in [-0.2, -0.15) is 0 Å². The first-order valence-electron chi connectivity index (χ1n) is 7.10. The van der Waals surface area contributed by atoms with Gasteiger partial charge in [-0.25, -0.2) is 9.97 Å². The summed E-state index contributed by atoms with van der Waals surface area (Å²) in [6.07, 6.45) is 3.39. The molecule has 22 heavy (non-hydrogen) atoms. The van der Waals surface area contributed by atoms with E-state index in [4.69, 9.17) is 4.74 Å². The maximum Gasteiger partial charge on any atom is 0.269 e. The van der Waals surface area contributed by atoms with Crippen LogP contribution in [0, 0.1) is 0 Å². The molecule has 0 unspecified atom stereocenters. The van der Waals surface area contributed by atoms with Crippen LogP contribution in [-0.4, -0.2) is 21.5 Å². The number of ether oxygens (including phenoxy) is 1. The molecular weight excluding hydrogens is 318 g/mol. The summed E-state index contributed by atoms with van der Waals surface area (Å²) in [6, 6.07) is 0. The fraction of sp³-hybridized carbons (Fsp3) is 0.533. The molecule has 2 heterocycles. The van der Waals surface area contributed by atoms with E-state index in [0.717, 1.165) is 9.88 Å². The first kappa shape index (κ1) is 17.1. The Labute approximate surface area is 138 Å². The zero-order valence-corrected chi connectivity index (χ0v) is 15.1. The molecule has 0 aliphatic rings. The minimum atomic E-state index is -0.220. The lowest BCUT2D eigenvalue weighted by Crippen LogP contribution is -2.18. The number of nitrogens with one attached hydrogen (secondary N) is 1. The molecule has 7 heteroatoms. The van der Waals surface area contributed by atoms with Gasteiger partial charge in [-0.05, 0) is 26.7 Å². The van der Waals surface area contributed by atoms with Crippen molar-refractivity contribution >= 4 is 33.7 Å². The van der Waals surface area contributed by atoms with Gasteiger partial charge < -0.3 is 4.74 Å². The van der Waals surface area contributed by atoms with Crippen LogP contribution in [0.25, 0.3) is 0 Å². The molecule has 5 nitrogen and oxygen atoms in total. The largest absolute Gasteiger partial charge is 0.369 e. The fourth-order valence-electron chi connectivity index (χ4n) is 1.53. The van der Waals surface area contributed by atoms with Crippen molar-refractivity contribution in [3.8, 4) is 0 Å². The topological polar surface area (TPSA) is 64.1 Å². The molecule has 0 atom stereocenters. The maximum atomic E-state index is 12.2. The van der Waals surface area contributed by atoms with Crippen molar-refractivity contribution in [1.29, 1.82) is 0 Å². The van der Waals surface area contributed by atoms with E-state index in [1.165, 1.54) is 22.7 Å². The van der Waals surface area contributed by atoms with Crippen molar-refractivity contribution in [2.24, 2.45) is 0 Å².